The number of carbonyl (C=O) groups is 1. The molecule has 1 aliphatic heterocycles. The lowest BCUT2D eigenvalue weighted by Gasteiger charge is -2.35. The van der Waals surface area contributed by atoms with Crippen molar-refractivity contribution in [2.45, 2.75) is 6.42 Å². The summed E-state index contributed by atoms with van der Waals surface area (Å²) in [6, 6.07) is 15.9. The summed E-state index contributed by atoms with van der Waals surface area (Å²) >= 11 is 0. The third-order valence-electron chi connectivity index (χ3n) is 6.82. The number of hydrogen-bond acceptors (Lipinski definition) is 7. The molecule has 1 amide bonds. The van der Waals surface area contributed by atoms with Gasteiger partial charge in [0, 0.05) is 68.6 Å². The minimum atomic E-state index is 0.0952. The van der Waals surface area contributed by atoms with Crippen LogP contribution in [-0.4, -0.2) is 66.1 Å². The Kier molecular flexibility index (Phi) is 6.01. The second-order valence-corrected chi connectivity index (χ2v) is 9.25. The molecule has 10 nitrogen and oxygen atoms in total. The molecule has 0 bridgehead atoms. The highest BCUT2D eigenvalue weighted by Gasteiger charge is 2.22. The van der Waals surface area contributed by atoms with E-state index in [0.717, 1.165) is 33.9 Å². The number of hydrogen-bond donors (Lipinski definition) is 0. The summed E-state index contributed by atoms with van der Waals surface area (Å²) in [6.07, 6.45) is 9.21. The molecule has 5 aromatic heterocycles. The molecule has 0 aliphatic carbocycles. The Balaban J connectivity index is 1.22. The molecule has 10 heteroatoms. The van der Waals surface area contributed by atoms with Crippen LogP contribution in [0.25, 0.3) is 28.0 Å². The predicted octanol–water partition coefficient (Wildman–Crippen LogP) is 2.95. The van der Waals surface area contributed by atoms with E-state index in [-0.39, 0.29) is 5.91 Å². The summed E-state index contributed by atoms with van der Waals surface area (Å²) in [7, 11) is 1.88. The standard InChI is InChI=1S/C28H25N9O/c1-34-19-22(17-33-34)21-12-25(37-24(15-29)18-32-27(37)13-21)20-5-6-26(31-16-20)35-8-10-36(11-9-35)28(38)14-23-4-2-3-7-30-23/h2-7,12-13,16-19H,8-11,14H2,1H3. The lowest BCUT2D eigenvalue weighted by Crippen LogP contribution is -2.49. The molecule has 188 valence electrons. The van der Waals surface area contributed by atoms with Crippen LogP contribution in [-0.2, 0) is 18.3 Å². The first-order chi connectivity index (χ1) is 18.6. The van der Waals surface area contributed by atoms with E-state index in [1.807, 2.05) is 77.4 Å². The average Bonchev–Trinajstić information content (AvgIpc) is 3.59. The zero-order chi connectivity index (χ0) is 26.1. The van der Waals surface area contributed by atoms with E-state index in [9.17, 15) is 10.1 Å². The van der Waals surface area contributed by atoms with Gasteiger partial charge >= 0.3 is 0 Å². The zero-order valence-electron chi connectivity index (χ0n) is 20.9. The van der Waals surface area contributed by atoms with Crippen LogP contribution in [0.3, 0.4) is 0 Å². The van der Waals surface area contributed by atoms with Crippen molar-refractivity contribution >= 4 is 17.4 Å². The van der Waals surface area contributed by atoms with E-state index in [2.05, 4.69) is 26.0 Å². The topological polar surface area (TPSA) is 108 Å². The van der Waals surface area contributed by atoms with Crippen molar-refractivity contribution in [2.75, 3.05) is 31.1 Å². The van der Waals surface area contributed by atoms with Gasteiger partial charge in [-0.2, -0.15) is 10.4 Å². The quantitative estimate of drug-likeness (QED) is 0.363. The molecule has 6 heterocycles. The van der Waals surface area contributed by atoms with Gasteiger partial charge in [0.1, 0.15) is 23.2 Å². The third-order valence-corrected chi connectivity index (χ3v) is 6.82. The maximum Gasteiger partial charge on any atom is 0.228 e. The molecule has 1 saturated heterocycles. The summed E-state index contributed by atoms with van der Waals surface area (Å²) in [5.41, 5.74) is 5.58. The van der Waals surface area contributed by atoms with Crippen molar-refractivity contribution in [1.29, 1.82) is 5.26 Å². The molecule has 1 aliphatic rings. The molecule has 1 fully saturated rings. The second kappa shape index (κ2) is 9.78. The Morgan fingerprint density at radius 2 is 1.82 bits per heavy atom. The molecule has 5 aromatic rings. The van der Waals surface area contributed by atoms with E-state index in [4.69, 9.17) is 4.98 Å². The Labute approximate surface area is 219 Å². The monoisotopic (exact) mass is 503 g/mol. The number of rotatable bonds is 5. The molecule has 0 unspecified atom stereocenters. The van der Waals surface area contributed by atoms with E-state index >= 15 is 0 Å². The van der Waals surface area contributed by atoms with Gasteiger partial charge in [-0.1, -0.05) is 6.07 Å². The summed E-state index contributed by atoms with van der Waals surface area (Å²) < 4.78 is 3.61. The summed E-state index contributed by atoms with van der Waals surface area (Å²) in [4.78, 5) is 30.2. The first-order valence-electron chi connectivity index (χ1n) is 12.4. The van der Waals surface area contributed by atoms with E-state index in [1.54, 1.807) is 17.1 Å². The molecular weight excluding hydrogens is 478 g/mol. The van der Waals surface area contributed by atoms with Gasteiger partial charge in [-0.05, 0) is 42.0 Å². The van der Waals surface area contributed by atoms with Gasteiger partial charge in [0.25, 0.3) is 0 Å². The highest BCUT2D eigenvalue weighted by Crippen LogP contribution is 2.30. The van der Waals surface area contributed by atoms with E-state index in [0.29, 0.717) is 43.9 Å². The van der Waals surface area contributed by atoms with Crippen molar-refractivity contribution in [3.63, 3.8) is 0 Å². The molecule has 6 rings (SSSR count). The number of amides is 1. The van der Waals surface area contributed by atoms with Crippen LogP contribution >= 0.6 is 0 Å². The van der Waals surface area contributed by atoms with Gasteiger partial charge in [0.15, 0.2) is 0 Å². The number of pyridine rings is 3. The number of carbonyl (C=O) groups excluding carboxylic acids is 1. The van der Waals surface area contributed by atoms with E-state index < -0.39 is 0 Å². The minimum absolute atomic E-state index is 0.0952. The van der Waals surface area contributed by atoms with Crippen molar-refractivity contribution in [3.05, 3.63) is 84.8 Å². The third kappa shape index (κ3) is 4.46. The fourth-order valence-corrected chi connectivity index (χ4v) is 4.82. The summed E-state index contributed by atoms with van der Waals surface area (Å²) in [5, 5.41) is 14.0. The Morgan fingerprint density at radius 1 is 0.947 bits per heavy atom. The first-order valence-corrected chi connectivity index (χ1v) is 12.4. The molecular formula is C28H25N9O. The Hall–Kier alpha value is -5.04. The van der Waals surface area contributed by atoms with Crippen molar-refractivity contribution in [3.8, 4) is 28.5 Å². The number of piperazine rings is 1. The normalized spacial score (nSPS) is 13.6. The molecule has 0 spiro atoms. The van der Waals surface area contributed by atoms with Crippen LogP contribution in [0.4, 0.5) is 5.82 Å². The first kappa shape index (κ1) is 23.4. The minimum Gasteiger partial charge on any atom is -0.353 e. The number of fused-ring (bicyclic) bond motifs is 1. The van der Waals surface area contributed by atoms with Crippen LogP contribution < -0.4 is 4.90 Å². The van der Waals surface area contributed by atoms with Crippen LogP contribution in [0, 0.1) is 11.3 Å². The SMILES string of the molecule is Cn1cc(-c2cc(-c3ccc(N4CCN(C(=O)Cc5ccccn5)CC4)nc3)n3c(C#N)cnc3c2)cn1. The lowest BCUT2D eigenvalue weighted by atomic mass is 10.1. The highest BCUT2D eigenvalue weighted by atomic mass is 16.2. The average molecular weight is 504 g/mol. The van der Waals surface area contributed by atoms with Crippen LogP contribution in [0.5, 0.6) is 0 Å². The molecule has 0 saturated carbocycles. The molecule has 0 N–H and O–H groups in total. The second-order valence-electron chi connectivity index (χ2n) is 9.25. The van der Waals surface area contributed by atoms with Crippen LogP contribution in [0.2, 0.25) is 0 Å². The van der Waals surface area contributed by atoms with Gasteiger partial charge in [0.05, 0.1) is 24.5 Å². The number of anilines is 1. The van der Waals surface area contributed by atoms with Gasteiger partial charge in [0.2, 0.25) is 5.91 Å². The van der Waals surface area contributed by atoms with Crippen molar-refractivity contribution in [1.82, 2.24) is 34.0 Å². The smallest absolute Gasteiger partial charge is 0.228 e. The Bertz CT molecular complexity index is 1640. The summed E-state index contributed by atoms with van der Waals surface area (Å²) in [6.45, 7) is 2.70. The number of aromatic nitrogens is 6. The number of imidazole rings is 1. The summed E-state index contributed by atoms with van der Waals surface area (Å²) in [5.74, 6) is 0.953. The number of nitriles is 1. The van der Waals surface area contributed by atoms with Gasteiger partial charge < -0.3 is 9.80 Å². The van der Waals surface area contributed by atoms with Gasteiger partial charge in [-0.15, -0.1) is 0 Å². The van der Waals surface area contributed by atoms with Crippen LogP contribution in [0.1, 0.15) is 11.4 Å². The van der Waals surface area contributed by atoms with E-state index in [1.165, 1.54) is 0 Å². The fourth-order valence-electron chi connectivity index (χ4n) is 4.82. The van der Waals surface area contributed by atoms with Crippen molar-refractivity contribution in [2.24, 2.45) is 7.05 Å². The predicted molar refractivity (Wildman–Crippen MR) is 142 cm³/mol. The van der Waals surface area contributed by atoms with Gasteiger partial charge in [-0.25, -0.2) is 9.97 Å². The Morgan fingerprint density at radius 3 is 2.50 bits per heavy atom. The lowest BCUT2D eigenvalue weighted by molar-refractivity contribution is -0.130. The van der Waals surface area contributed by atoms with Gasteiger partial charge in [-0.3, -0.25) is 18.9 Å². The molecule has 0 radical (unpaired) electrons. The van der Waals surface area contributed by atoms with Crippen molar-refractivity contribution < 1.29 is 4.79 Å². The zero-order valence-corrected chi connectivity index (χ0v) is 20.9. The molecule has 0 aromatic carbocycles. The van der Waals surface area contributed by atoms with Crippen LogP contribution in [0.15, 0.2) is 73.4 Å². The maximum absolute atomic E-state index is 12.7. The number of aryl methyl sites for hydroxylation is 1. The maximum atomic E-state index is 12.7. The number of nitrogens with zero attached hydrogens (tertiary/aromatic N) is 9. The largest absolute Gasteiger partial charge is 0.353 e. The fraction of sp³-hybridized carbons (Fsp3) is 0.214. The molecule has 0 atom stereocenters. The highest BCUT2D eigenvalue weighted by molar-refractivity contribution is 5.79. The molecule has 38 heavy (non-hydrogen) atoms.